The molecule has 2 aromatic carbocycles. The number of hydrogen-bond donors (Lipinski definition) is 2. The lowest BCUT2D eigenvalue weighted by Gasteiger charge is -2.08. The zero-order valence-electron chi connectivity index (χ0n) is 12.3. The average Bonchev–Trinajstić information content (AvgIpc) is 2.46. The first-order chi connectivity index (χ1) is 10.4. The van der Waals surface area contributed by atoms with E-state index in [1.807, 2.05) is 6.07 Å². The lowest BCUT2D eigenvalue weighted by molar-refractivity contribution is 0.313. The topological polar surface area (TPSA) is 75.6 Å². The van der Waals surface area contributed by atoms with Crippen molar-refractivity contribution >= 4 is 9.84 Å². The molecule has 0 spiro atoms. The van der Waals surface area contributed by atoms with E-state index >= 15 is 0 Å². The van der Waals surface area contributed by atoms with Gasteiger partial charge in [-0.2, -0.15) is 0 Å². The van der Waals surface area contributed by atoms with Crippen molar-refractivity contribution in [1.29, 1.82) is 0 Å². The Bertz CT molecular complexity index is 711. The van der Waals surface area contributed by atoms with Crippen LogP contribution < -0.4 is 10.1 Å². The molecule has 0 bridgehead atoms. The molecule has 2 rings (SSSR count). The summed E-state index contributed by atoms with van der Waals surface area (Å²) < 4.78 is 28.2. The fraction of sp³-hybridized carbons (Fsp3) is 0.250. The summed E-state index contributed by atoms with van der Waals surface area (Å²) in [5.41, 5.74) is 0.998. The Balaban J connectivity index is 1.73. The van der Waals surface area contributed by atoms with Crippen LogP contribution in [0.15, 0.2) is 53.4 Å². The van der Waals surface area contributed by atoms with Gasteiger partial charge in [0, 0.05) is 19.3 Å². The summed E-state index contributed by atoms with van der Waals surface area (Å²) in [4.78, 5) is 0.280. The molecule has 0 amide bonds. The molecule has 0 saturated heterocycles. The second-order valence-electron chi connectivity index (χ2n) is 4.94. The van der Waals surface area contributed by atoms with Crippen LogP contribution in [0, 0.1) is 0 Å². The molecule has 22 heavy (non-hydrogen) atoms. The summed E-state index contributed by atoms with van der Waals surface area (Å²) in [5.74, 6) is 0.882. The van der Waals surface area contributed by atoms with Crippen molar-refractivity contribution in [1.82, 2.24) is 5.32 Å². The highest BCUT2D eigenvalue weighted by atomic mass is 32.2. The molecule has 0 saturated carbocycles. The summed E-state index contributed by atoms with van der Waals surface area (Å²) in [5, 5.41) is 12.6. The number of nitrogens with one attached hydrogen (secondary N) is 1. The standard InChI is InChI=1S/C16H19NO4S/c1-22(19,20)16-7-5-15(6-8-16)21-10-9-17-12-13-3-2-4-14(18)11-13/h2-8,11,17-18H,9-10,12H2,1H3. The van der Waals surface area contributed by atoms with E-state index in [1.165, 1.54) is 18.4 Å². The summed E-state index contributed by atoms with van der Waals surface area (Å²) in [6.07, 6.45) is 1.17. The van der Waals surface area contributed by atoms with Crippen molar-refractivity contribution in [2.24, 2.45) is 0 Å². The molecule has 0 aromatic heterocycles. The van der Waals surface area contributed by atoms with E-state index < -0.39 is 9.84 Å². The summed E-state index contributed by atoms with van der Waals surface area (Å²) in [6, 6.07) is 13.4. The quantitative estimate of drug-likeness (QED) is 0.763. The van der Waals surface area contributed by atoms with Crippen molar-refractivity contribution in [3.63, 3.8) is 0 Å². The van der Waals surface area contributed by atoms with Crippen LogP contribution in [-0.4, -0.2) is 32.9 Å². The highest BCUT2D eigenvalue weighted by Gasteiger charge is 2.06. The minimum absolute atomic E-state index is 0.251. The smallest absolute Gasteiger partial charge is 0.175 e. The molecule has 2 N–H and O–H groups in total. The van der Waals surface area contributed by atoms with Crippen molar-refractivity contribution in [3.05, 3.63) is 54.1 Å². The average molecular weight is 321 g/mol. The molecular formula is C16H19NO4S. The van der Waals surface area contributed by atoms with Crippen LogP contribution in [0.1, 0.15) is 5.56 Å². The normalized spacial score (nSPS) is 11.3. The Morgan fingerprint density at radius 3 is 2.50 bits per heavy atom. The molecule has 0 heterocycles. The van der Waals surface area contributed by atoms with Gasteiger partial charge in [0.15, 0.2) is 9.84 Å². The Hall–Kier alpha value is -2.05. The van der Waals surface area contributed by atoms with Crippen LogP contribution in [0.2, 0.25) is 0 Å². The molecule has 0 aliphatic rings. The Morgan fingerprint density at radius 2 is 1.86 bits per heavy atom. The number of hydrogen-bond acceptors (Lipinski definition) is 5. The number of phenolic OH excluding ortho intramolecular Hbond substituents is 1. The fourth-order valence-electron chi connectivity index (χ4n) is 1.92. The summed E-state index contributed by atoms with van der Waals surface area (Å²) in [6.45, 7) is 1.76. The third kappa shape index (κ3) is 5.05. The molecule has 0 radical (unpaired) electrons. The van der Waals surface area contributed by atoms with Crippen LogP contribution in [0.5, 0.6) is 11.5 Å². The van der Waals surface area contributed by atoms with Gasteiger partial charge in [0.1, 0.15) is 18.1 Å². The Morgan fingerprint density at radius 1 is 1.14 bits per heavy atom. The number of phenols is 1. The van der Waals surface area contributed by atoms with Crippen molar-refractivity contribution in [2.45, 2.75) is 11.4 Å². The molecule has 0 aliphatic heterocycles. The van der Waals surface area contributed by atoms with Gasteiger partial charge in [0.2, 0.25) is 0 Å². The van der Waals surface area contributed by atoms with Gasteiger partial charge < -0.3 is 15.2 Å². The highest BCUT2D eigenvalue weighted by molar-refractivity contribution is 7.90. The van der Waals surface area contributed by atoms with E-state index in [2.05, 4.69) is 5.32 Å². The Labute approximate surface area is 130 Å². The van der Waals surface area contributed by atoms with Crippen molar-refractivity contribution < 1.29 is 18.3 Å². The van der Waals surface area contributed by atoms with Crippen LogP contribution in [0.25, 0.3) is 0 Å². The van der Waals surface area contributed by atoms with Gasteiger partial charge in [-0.05, 0) is 42.0 Å². The second-order valence-corrected chi connectivity index (χ2v) is 6.95. The SMILES string of the molecule is CS(=O)(=O)c1ccc(OCCNCc2cccc(O)c2)cc1. The first-order valence-corrected chi connectivity index (χ1v) is 8.76. The third-order valence-corrected chi connectivity index (χ3v) is 4.17. The number of benzene rings is 2. The maximum Gasteiger partial charge on any atom is 0.175 e. The largest absolute Gasteiger partial charge is 0.508 e. The number of sulfone groups is 1. The van der Waals surface area contributed by atoms with Crippen molar-refractivity contribution in [2.75, 3.05) is 19.4 Å². The predicted octanol–water partition coefficient (Wildman–Crippen LogP) is 1.96. The zero-order valence-corrected chi connectivity index (χ0v) is 13.1. The zero-order chi connectivity index (χ0) is 16.0. The van der Waals surface area contributed by atoms with Gasteiger partial charge in [-0.15, -0.1) is 0 Å². The third-order valence-electron chi connectivity index (χ3n) is 3.04. The van der Waals surface area contributed by atoms with Crippen LogP contribution in [-0.2, 0) is 16.4 Å². The van der Waals surface area contributed by atoms with E-state index in [9.17, 15) is 13.5 Å². The molecule has 0 atom stereocenters. The second kappa shape index (κ2) is 7.29. The van der Waals surface area contributed by atoms with E-state index in [0.29, 0.717) is 25.4 Å². The lowest BCUT2D eigenvalue weighted by atomic mass is 10.2. The first kappa shape index (κ1) is 16.3. The molecule has 5 nitrogen and oxygen atoms in total. The van der Waals surface area contributed by atoms with Crippen LogP contribution in [0.3, 0.4) is 0 Å². The van der Waals surface area contributed by atoms with Gasteiger partial charge >= 0.3 is 0 Å². The number of rotatable bonds is 7. The molecule has 0 aliphatic carbocycles. The van der Waals surface area contributed by atoms with Gasteiger partial charge in [-0.3, -0.25) is 0 Å². The van der Waals surface area contributed by atoms with E-state index in [0.717, 1.165) is 5.56 Å². The van der Waals surface area contributed by atoms with Crippen LogP contribution >= 0.6 is 0 Å². The molecule has 2 aromatic rings. The number of ether oxygens (including phenoxy) is 1. The van der Waals surface area contributed by atoms with Gasteiger partial charge in [0.05, 0.1) is 4.90 Å². The lowest BCUT2D eigenvalue weighted by Crippen LogP contribution is -2.20. The monoisotopic (exact) mass is 321 g/mol. The molecule has 0 fully saturated rings. The van der Waals surface area contributed by atoms with Crippen molar-refractivity contribution in [3.8, 4) is 11.5 Å². The van der Waals surface area contributed by atoms with Gasteiger partial charge in [-0.1, -0.05) is 12.1 Å². The maximum atomic E-state index is 11.3. The summed E-state index contributed by atoms with van der Waals surface area (Å²) >= 11 is 0. The van der Waals surface area contributed by atoms with Gasteiger partial charge in [0.25, 0.3) is 0 Å². The van der Waals surface area contributed by atoms with E-state index in [1.54, 1.807) is 30.3 Å². The van der Waals surface area contributed by atoms with Gasteiger partial charge in [-0.25, -0.2) is 8.42 Å². The Kier molecular flexibility index (Phi) is 5.41. The van der Waals surface area contributed by atoms with E-state index in [4.69, 9.17) is 4.74 Å². The summed E-state index contributed by atoms with van der Waals surface area (Å²) in [7, 11) is -3.17. The minimum Gasteiger partial charge on any atom is -0.508 e. The minimum atomic E-state index is -3.17. The predicted molar refractivity (Wildman–Crippen MR) is 84.9 cm³/mol. The fourth-order valence-corrected chi connectivity index (χ4v) is 2.55. The molecule has 118 valence electrons. The maximum absolute atomic E-state index is 11.3. The molecule has 6 heteroatoms. The number of aromatic hydroxyl groups is 1. The molecular weight excluding hydrogens is 302 g/mol. The van der Waals surface area contributed by atoms with Crippen LogP contribution in [0.4, 0.5) is 0 Å². The first-order valence-electron chi connectivity index (χ1n) is 6.87. The highest BCUT2D eigenvalue weighted by Crippen LogP contribution is 2.15. The molecule has 0 unspecified atom stereocenters. The van der Waals surface area contributed by atoms with E-state index in [-0.39, 0.29) is 10.6 Å².